The second kappa shape index (κ2) is 10.2. The van der Waals surface area contributed by atoms with Crippen LogP contribution in [0.2, 0.25) is 0 Å². The molecule has 1 aliphatic rings. The molecule has 1 heterocycles. The maximum Gasteiger partial charge on any atom is 0.573 e. The Kier molecular flexibility index (Phi) is 7.61. The molecular formula is C21H21F3N2O6S. The molecule has 0 aliphatic carbocycles. The van der Waals surface area contributed by atoms with Crippen LogP contribution in [0.5, 0.6) is 11.5 Å². The molecule has 12 heteroatoms. The SMILES string of the molecule is COc1ccc(C=CC(=O)Nc2ccccc2OC(F)(F)F)cc1S(=O)(=O)N1CCOCC1. The minimum absolute atomic E-state index is 0.0709. The summed E-state index contributed by atoms with van der Waals surface area (Å²) in [5.41, 5.74) is 0.201. The minimum atomic E-state index is -4.91. The Morgan fingerprint density at radius 1 is 1.12 bits per heavy atom. The van der Waals surface area contributed by atoms with E-state index in [0.29, 0.717) is 5.56 Å². The highest BCUT2D eigenvalue weighted by Gasteiger charge is 2.32. The lowest BCUT2D eigenvalue weighted by atomic mass is 10.2. The first kappa shape index (κ1) is 24.6. The standard InChI is InChI=1S/C21H21F3N2O6S/c1-30-18-8-6-15(14-19(18)33(28,29)26-10-12-31-13-11-26)7-9-20(27)25-16-4-2-3-5-17(16)32-21(22,23)24/h2-9,14H,10-13H2,1H3,(H,25,27). The Labute approximate surface area is 188 Å². The van der Waals surface area contributed by atoms with Gasteiger partial charge < -0.3 is 19.5 Å². The number of nitrogens with zero attached hydrogens (tertiary/aromatic N) is 1. The smallest absolute Gasteiger partial charge is 0.495 e. The molecule has 0 aromatic heterocycles. The first-order valence-corrected chi connectivity index (χ1v) is 11.1. The monoisotopic (exact) mass is 486 g/mol. The van der Waals surface area contributed by atoms with Gasteiger partial charge in [0.2, 0.25) is 15.9 Å². The van der Waals surface area contributed by atoms with Crippen LogP contribution in [0, 0.1) is 0 Å². The largest absolute Gasteiger partial charge is 0.573 e. The fourth-order valence-corrected chi connectivity index (χ4v) is 4.65. The van der Waals surface area contributed by atoms with Crippen molar-refractivity contribution in [2.75, 3.05) is 38.7 Å². The van der Waals surface area contributed by atoms with Gasteiger partial charge in [0.25, 0.3) is 0 Å². The fraction of sp³-hybridized carbons (Fsp3) is 0.286. The summed E-state index contributed by atoms with van der Waals surface area (Å²) in [6, 6.07) is 9.45. The van der Waals surface area contributed by atoms with Crippen LogP contribution in [0.4, 0.5) is 18.9 Å². The molecule has 3 rings (SSSR count). The number of morpholine rings is 1. The molecule has 0 saturated carbocycles. The van der Waals surface area contributed by atoms with Crippen molar-refractivity contribution in [3.8, 4) is 11.5 Å². The van der Waals surface area contributed by atoms with Gasteiger partial charge in [0, 0.05) is 19.2 Å². The highest BCUT2D eigenvalue weighted by atomic mass is 32.2. The van der Waals surface area contributed by atoms with E-state index in [-0.39, 0.29) is 42.6 Å². The van der Waals surface area contributed by atoms with Crippen molar-refractivity contribution >= 4 is 27.7 Å². The van der Waals surface area contributed by atoms with Gasteiger partial charge in [-0.05, 0) is 35.9 Å². The predicted octanol–water partition coefficient (Wildman–Crippen LogP) is 3.27. The summed E-state index contributed by atoms with van der Waals surface area (Å²) in [4.78, 5) is 12.2. The molecule has 1 saturated heterocycles. The quantitative estimate of drug-likeness (QED) is 0.604. The van der Waals surface area contributed by atoms with E-state index in [1.807, 2.05) is 0 Å². The molecular weight excluding hydrogens is 465 g/mol. The number of alkyl halides is 3. The number of anilines is 1. The summed E-state index contributed by atoms with van der Waals surface area (Å²) in [5, 5.41) is 2.31. The summed E-state index contributed by atoms with van der Waals surface area (Å²) < 4.78 is 79.3. The number of para-hydroxylation sites is 2. The van der Waals surface area contributed by atoms with Gasteiger partial charge in [-0.2, -0.15) is 4.31 Å². The summed E-state index contributed by atoms with van der Waals surface area (Å²) in [6.07, 6.45) is -2.51. The van der Waals surface area contributed by atoms with Crippen LogP contribution < -0.4 is 14.8 Å². The number of rotatable bonds is 7. The van der Waals surface area contributed by atoms with E-state index in [9.17, 15) is 26.4 Å². The second-order valence-electron chi connectivity index (χ2n) is 6.79. The Morgan fingerprint density at radius 3 is 2.48 bits per heavy atom. The number of amides is 1. The Morgan fingerprint density at radius 2 is 1.82 bits per heavy atom. The van der Waals surface area contributed by atoms with E-state index >= 15 is 0 Å². The van der Waals surface area contributed by atoms with E-state index in [1.54, 1.807) is 6.07 Å². The van der Waals surface area contributed by atoms with Gasteiger partial charge in [0.15, 0.2) is 5.75 Å². The van der Waals surface area contributed by atoms with Gasteiger partial charge in [-0.3, -0.25) is 4.79 Å². The van der Waals surface area contributed by atoms with Gasteiger partial charge in [-0.1, -0.05) is 18.2 Å². The van der Waals surface area contributed by atoms with E-state index in [0.717, 1.165) is 12.1 Å². The number of carbonyl (C=O) groups is 1. The van der Waals surface area contributed by atoms with Gasteiger partial charge in [0.05, 0.1) is 26.0 Å². The molecule has 2 aromatic carbocycles. The van der Waals surface area contributed by atoms with Gasteiger partial charge >= 0.3 is 6.36 Å². The molecule has 2 aromatic rings. The number of methoxy groups -OCH3 is 1. The van der Waals surface area contributed by atoms with Crippen LogP contribution in [0.1, 0.15) is 5.56 Å². The van der Waals surface area contributed by atoms with Gasteiger partial charge in [-0.25, -0.2) is 8.42 Å². The minimum Gasteiger partial charge on any atom is -0.495 e. The third kappa shape index (κ3) is 6.46. The van der Waals surface area contributed by atoms with E-state index < -0.39 is 28.0 Å². The number of nitrogens with one attached hydrogen (secondary N) is 1. The van der Waals surface area contributed by atoms with Crippen molar-refractivity contribution in [3.63, 3.8) is 0 Å². The van der Waals surface area contributed by atoms with Crippen LogP contribution in [0.25, 0.3) is 6.08 Å². The number of hydrogen-bond donors (Lipinski definition) is 1. The van der Waals surface area contributed by atoms with Gasteiger partial charge in [0.1, 0.15) is 10.6 Å². The van der Waals surface area contributed by atoms with Crippen molar-refractivity contribution in [2.45, 2.75) is 11.3 Å². The van der Waals surface area contributed by atoms with Crippen LogP contribution >= 0.6 is 0 Å². The maximum absolute atomic E-state index is 13.0. The normalized spacial score (nSPS) is 15.4. The molecule has 1 aliphatic heterocycles. The zero-order valence-electron chi connectivity index (χ0n) is 17.5. The lowest BCUT2D eigenvalue weighted by Crippen LogP contribution is -2.40. The topological polar surface area (TPSA) is 94.2 Å². The molecule has 1 amide bonds. The molecule has 33 heavy (non-hydrogen) atoms. The summed E-state index contributed by atoms with van der Waals surface area (Å²) in [5.74, 6) is -1.15. The predicted molar refractivity (Wildman–Crippen MR) is 113 cm³/mol. The zero-order chi connectivity index (χ0) is 24.1. The average molecular weight is 486 g/mol. The van der Waals surface area contributed by atoms with Crippen molar-refractivity contribution in [2.24, 2.45) is 0 Å². The zero-order valence-corrected chi connectivity index (χ0v) is 18.3. The van der Waals surface area contributed by atoms with Crippen LogP contribution in [-0.2, 0) is 19.6 Å². The summed E-state index contributed by atoms with van der Waals surface area (Å²) in [6.45, 7) is 0.961. The Bertz CT molecular complexity index is 1130. The van der Waals surface area contributed by atoms with Crippen LogP contribution in [-0.4, -0.2) is 58.4 Å². The number of carbonyl (C=O) groups excluding carboxylic acids is 1. The summed E-state index contributed by atoms with van der Waals surface area (Å²) >= 11 is 0. The molecule has 1 N–H and O–H groups in total. The number of benzene rings is 2. The first-order chi connectivity index (χ1) is 15.6. The molecule has 1 fully saturated rings. The number of halogens is 3. The molecule has 0 bridgehead atoms. The number of ether oxygens (including phenoxy) is 3. The average Bonchev–Trinajstić information content (AvgIpc) is 2.78. The first-order valence-electron chi connectivity index (χ1n) is 9.70. The molecule has 8 nitrogen and oxygen atoms in total. The highest BCUT2D eigenvalue weighted by molar-refractivity contribution is 7.89. The van der Waals surface area contributed by atoms with E-state index in [2.05, 4.69) is 10.1 Å². The van der Waals surface area contributed by atoms with E-state index in [1.165, 1.54) is 47.8 Å². The van der Waals surface area contributed by atoms with Crippen LogP contribution in [0.3, 0.4) is 0 Å². The van der Waals surface area contributed by atoms with Crippen molar-refractivity contribution < 1.29 is 40.6 Å². The lowest BCUT2D eigenvalue weighted by Gasteiger charge is -2.26. The Hall–Kier alpha value is -3.09. The highest BCUT2D eigenvalue weighted by Crippen LogP contribution is 2.31. The third-order valence-electron chi connectivity index (χ3n) is 4.57. The molecule has 178 valence electrons. The molecule has 0 unspecified atom stereocenters. The maximum atomic E-state index is 13.0. The van der Waals surface area contributed by atoms with E-state index in [4.69, 9.17) is 9.47 Å². The Balaban J connectivity index is 1.79. The van der Waals surface area contributed by atoms with Crippen molar-refractivity contribution in [1.82, 2.24) is 4.31 Å². The van der Waals surface area contributed by atoms with Crippen molar-refractivity contribution in [1.29, 1.82) is 0 Å². The van der Waals surface area contributed by atoms with Crippen molar-refractivity contribution in [3.05, 3.63) is 54.1 Å². The molecule has 0 spiro atoms. The molecule has 0 radical (unpaired) electrons. The summed E-state index contributed by atoms with van der Waals surface area (Å²) in [7, 11) is -2.52. The second-order valence-corrected chi connectivity index (χ2v) is 8.70. The lowest BCUT2D eigenvalue weighted by molar-refractivity contribution is -0.274. The number of hydrogen-bond acceptors (Lipinski definition) is 6. The molecule has 0 atom stereocenters. The van der Waals surface area contributed by atoms with Crippen LogP contribution in [0.15, 0.2) is 53.4 Å². The van der Waals surface area contributed by atoms with Gasteiger partial charge in [-0.15, -0.1) is 13.2 Å². The fourth-order valence-electron chi connectivity index (χ4n) is 3.05. The number of sulfonamides is 1. The third-order valence-corrected chi connectivity index (χ3v) is 6.49.